The first-order valence-corrected chi connectivity index (χ1v) is 10.5. The minimum absolute atomic E-state index is 0.0200. The fourth-order valence-electron chi connectivity index (χ4n) is 4.30. The van der Waals surface area contributed by atoms with E-state index in [1.165, 1.54) is 25.7 Å². The van der Waals surface area contributed by atoms with Crippen LogP contribution in [0.1, 0.15) is 41.6 Å². The average Bonchev–Trinajstić information content (AvgIpc) is 3.33. The van der Waals surface area contributed by atoms with Gasteiger partial charge in [0.1, 0.15) is 5.75 Å². The van der Waals surface area contributed by atoms with E-state index in [-0.39, 0.29) is 18.3 Å². The van der Waals surface area contributed by atoms with Crippen molar-refractivity contribution in [3.05, 3.63) is 65.7 Å². The molecule has 2 aliphatic rings. The number of hydrogen-bond acceptors (Lipinski definition) is 4. The molecular formula is C24H28N2O3. The zero-order chi connectivity index (χ0) is 20.1. The summed E-state index contributed by atoms with van der Waals surface area (Å²) in [6.45, 7) is 3.53. The van der Waals surface area contributed by atoms with Gasteiger partial charge in [-0.15, -0.1) is 0 Å². The van der Waals surface area contributed by atoms with Crippen LogP contribution in [0.2, 0.25) is 0 Å². The van der Waals surface area contributed by atoms with Crippen molar-refractivity contribution in [1.82, 2.24) is 9.80 Å². The van der Waals surface area contributed by atoms with Gasteiger partial charge in [-0.1, -0.05) is 43.2 Å². The molecule has 1 saturated carbocycles. The average molecular weight is 392 g/mol. The highest BCUT2D eigenvalue weighted by molar-refractivity contribution is 6.08. The molecule has 0 aromatic heterocycles. The number of benzene rings is 2. The minimum atomic E-state index is -0.0200. The van der Waals surface area contributed by atoms with E-state index >= 15 is 0 Å². The first kappa shape index (κ1) is 19.6. The first-order valence-electron chi connectivity index (χ1n) is 10.5. The lowest BCUT2D eigenvalue weighted by atomic mass is 10.0. The molecule has 0 bridgehead atoms. The van der Waals surface area contributed by atoms with Crippen LogP contribution in [0.3, 0.4) is 0 Å². The normalized spacial score (nSPS) is 18.0. The van der Waals surface area contributed by atoms with Crippen molar-refractivity contribution < 1.29 is 14.3 Å². The Labute approximate surface area is 172 Å². The van der Waals surface area contributed by atoms with Crippen molar-refractivity contribution in [1.29, 1.82) is 0 Å². The second kappa shape index (κ2) is 9.23. The Hall–Kier alpha value is -2.66. The predicted molar refractivity (Wildman–Crippen MR) is 112 cm³/mol. The van der Waals surface area contributed by atoms with E-state index < -0.39 is 0 Å². The van der Waals surface area contributed by atoms with Crippen molar-refractivity contribution in [3.63, 3.8) is 0 Å². The van der Waals surface area contributed by atoms with Gasteiger partial charge < -0.3 is 9.64 Å². The smallest absolute Gasteiger partial charge is 0.260 e. The highest BCUT2D eigenvalue weighted by Crippen LogP contribution is 2.24. The SMILES string of the molecule is O=C(c1ccccc1)c1ccc(OCC(=O)N2CCN(C3CCCC3)CC2)cc1. The molecule has 5 nitrogen and oxygen atoms in total. The standard InChI is InChI=1S/C24H28N2O3/c27-23(26-16-14-25(15-17-26)21-8-4-5-9-21)18-29-22-12-10-20(11-13-22)24(28)19-6-2-1-3-7-19/h1-3,6-7,10-13,21H,4-5,8-9,14-18H2. The minimum Gasteiger partial charge on any atom is -0.484 e. The Kier molecular flexibility index (Phi) is 6.25. The maximum absolute atomic E-state index is 12.5. The zero-order valence-electron chi connectivity index (χ0n) is 16.8. The maximum atomic E-state index is 12.5. The predicted octanol–water partition coefficient (Wildman–Crippen LogP) is 3.38. The summed E-state index contributed by atoms with van der Waals surface area (Å²) in [7, 11) is 0. The molecule has 0 atom stereocenters. The summed E-state index contributed by atoms with van der Waals surface area (Å²) in [5.41, 5.74) is 1.27. The fourth-order valence-corrected chi connectivity index (χ4v) is 4.30. The van der Waals surface area contributed by atoms with E-state index in [1.54, 1.807) is 36.4 Å². The van der Waals surface area contributed by atoms with Crippen LogP contribution in [0, 0.1) is 0 Å². The van der Waals surface area contributed by atoms with Crippen molar-refractivity contribution in [2.45, 2.75) is 31.7 Å². The molecule has 152 valence electrons. The Morgan fingerprint density at radius 1 is 0.828 bits per heavy atom. The number of ether oxygens (including phenoxy) is 1. The lowest BCUT2D eigenvalue weighted by molar-refractivity contribution is -0.135. The van der Waals surface area contributed by atoms with Crippen LogP contribution in [-0.4, -0.2) is 60.3 Å². The summed E-state index contributed by atoms with van der Waals surface area (Å²) in [5, 5.41) is 0. The summed E-state index contributed by atoms with van der Waals surface area (Å²) in [6.07, 6.45) is 5.29. The van der Waals surface area contributed by atoms with Gasteiger partial charge in [0.25, 0.3) is 5.91 Å². The van der Waals surface area contributed by atoms with Crippen LogP contribution in [0.4, 0.5) is 0 Å². The van der Waals surface area contributed by atoms with E-state index in [9.17, 15) is 9.59 Å². The van der Waals surface area contributed by atoms with Crippen LogP contribution in [-0.2, 0) is 4.79 Å². The van der Waals surface area contributed by atoms with E-state index in [2.05, 4.69) is 4.90 Å². The third kappa shape index (κ3) is 4.85. The molecule has 29 heavy (non-hydrogen) atoms. The van der Waals surface area contributed by atoms with E-state index in [4.69, 9.17) is 4.74 Å². The number of nitrogens with zero attached hydrogens (tertiary/aromatic N) is 2. The topological polar surface area (TPSA) is 49.9 Å². The highest BCUT2D eigenvalue weighted by Gasteiger charge is 2.27. The lowest BCUT2D eigenvalue weighted by Crippen LogP contribution is -2.52. The zero-order valence-corrected chi connectivity index (χ0v) is 16.8. The largest absolute Gasteiger partial charge is 0.484 e. The molecule has 2 aromatic rings. The van der Waals surface area contributed by atoms with Gasteiger partial charge in [0, 0.05) is 43.3 Å². The van der Waals surface area contributed by atoms with Crippen LogP contribution < -0.4 is 4.74 Å². The molecule has 0 radical (unpaired) electrons. The fraction of sp³-hybridized carbons (Fsp3) is 0.417. The van der Waals surface area contributed by atoms with Crippen LogP contribution in [0.15, 0.2) is 54.6 Å². The number of amides is 1. The molecule has 5 heteroatoms. The summed E-state index contributed by atoms with van der Waals surface area (Å²) in [6, 6.07) is 16.9. The number of ketones is 1. The third-order valence-corrected chi connectivity index (χ3v) is 6.02. The molecule has 2 fully saturated rings. The molecule has 1 aliphatic heterocycles. The Morgan fingerprint density at radius 3 is 2.10 bits per heavy atom. The second-order valence-corrected chi connectivity index (χ2v) is 7.86. The van der Waals surface area contributed by atoms with Gasteiger partial charge in [0.05, 0.1) is 0 Å². The van der Waals surface area contributed by atoms with Gasteiger partial charge in [-0.05, 0) is 37.1 Å². The Bertz CT molecular complexity index is 821. The number of hydrogen-bond donors (Lipinski definition) is 0. The molecular weight excluding hydrogens is 364 g/mol. The maximum Gasteiger partial charge on any atom is 0.260 e. The van der Waals surface area contributed by atoms with Crippen LogP contribution in [0.5, 0.6) is 5.75 Å². The summed E-state index contributed by atoms with van der Waals surface area (Å²) < 4.78 is 5.67. The van der Waals surface area contributed by atoms with Gasteiger partial charge in [0.2, 0.25) is 0 Å². The second-order valence-electron chi connectivity index (χ2n) is 7.86. The van der Waals surface area contributed by atoms with Gasteiger partial charge in [0.15, 0.2) is 12.4 Å². The van der Waals surface area contributed by atoms with Crippen molar-refractivity contribution in [3.8, 4) is 5.75 Å². The monoisotopic (exact) mass is 392 g/mol. The molecule has 1 amide bonds. The van der Waals surface area contributed by atoms with Gasteiger partial charge in [-0.25, -0.2) is 0 Å². The lowest BCUT2D eigenvalue weighted by Gasteiger charge is -2.38. The van der Waals surface area contributed by atoms with Gasteiger partial charge in [-0.2, -0.15) is 0 Å². The molecule has 1 saturated heterocycles. The molecule has 1 heterocycles. The highest BCUT2D eigenvalue weighted by atomic mass is 16.5. The number of carbonyl (C=O) groups excluding carboxylic acids is 2. The van der Waals surface area contributed by atoms with Gasteiger partial charge >= 0.3 is 0 Å². The van der Waals surface area contributed by atoms with Crippen LogP contribution >= 0.6 is 0 Å². The Morgan fingerprint density at radius 2 is 1.45 bits per heavy atom. The summed E-state index contributed by atoms with van der Waals surface area (Å²) in [4.78, 5) is 29.4. The molecule has 2 aromatic carbocycles. The first-order chi connectivity index (χ1) is 14.2. The van der Waals surface area contributed by atoms with Crippen molar-refractivity contribution >= 4 is 11.7 Å². The molecule has 0 N–H and O–H groups in total. The van der Waals surface area contributed by atoms with Crippen LogP contribution in [0.25, 0.3) is 0 Å². The quantitative estimate of drug-likeness (QED) is 0.707. The van der Waals surface area contributed by atoms with E-state index in [1.807, 2.05) is 23.1 Å². The van der Waals surface area contributed by atoms with E-state index in [0.717, 1.165) is 32.2 Å². The molecule has 1 aliphatic carbocycles. The number of carbonyl (C=O) groups is 2. The number of rotatable bonds is 6. The molecule has 4 rings (SSSR count). The third-order valence-electron chi connectivity index (χ3n) is 6.02. The van der Waals surface area contributed by atoms with E-state index in [0.29, 0.717) is 16.9 Å². The molecule has 0 unspecified atom stereocenters. The number of piperazine rings is 1. The summed E-state index contributed by atoms with van der Waals surface area (Å²) in [5.74, 6) is 0.612. The Balaban J connectivity index is 1.25. The van der Waals surface area contributed by atoms with Crippen molar-refractivity contribution in [2.24, 2.45) is 0 Å². The van der Waals surface area contributed by atoms with Gasteiger partial charge in [-0.3, -0.25) is 14.5 Å². The summed E-state index contributed by atoms with van der Waals surface area (Å²) >= 11 is 0. The van der Waals surface area contributed by atoms with Crippen molar-refractivity contribution in [2.75, 3.05) is 32.8 Å². The molecule has 0 spiro atoms.